The van der Waals surface area contributed by atoms with Crippen LogP contribution >= 0.6 is 0 Å². The molecule has 3 heteroatoms. The van der Waals surface area contributed by atoms with Crippen molar-refractivity contribution in [2.24, 2.45) is 0 Å². The first kappa shape index (κ1) is 8.51. The van der Waals surface area contributed by atoms with Crippen molar-refractivity contribution in [1.29, 1.82) is 0 Å². The van der Waals surface area contributed by atoms with Gasteiger partial charge in [-0.3, -0.25) is 4.98 Å². The molecule has 0 unspecified atom stereocenters. The molecule has 1 aliphatic heterocycles. The van der Waals surface area contributed by atoms with Crippen molar-refractivity contribution in [2.75, 3.05) is 18.5 Å². The predicted octanol–water partition coefficient (Wildman–Crippen LogP) is 1.47. The van der Waals surface area contributed by atoms with Crippen LogP contribution in [0.1, 0.15) is 12.8 Å². The van der Waals surface area contributed by atoms with Crippen LogP contribution in [0.3, 0.4) is 0 Å². The third-order valence-electron chi connectivity index (χ3n) is 2.18. The Morgan fingerprint density at radius 1 is 1.46 bits per heavy atom. The summed E-state index contributed by atoms with van der Waals surface area (Å²) in [5.74, 6) is 0. The molecule has 0 bridgehead atoms. The second kappa shape index (κ2) is 4.23. The van der Waals surface area contributed by atoms with E-state index in [1.165, 1.54) is 0 Å². The number of aromatic nitrogens is 1. The van der Waals surface area contributed by atoms with E-state index in [0.29, 0.717) is 6.04 Å². The molecular formula is C10H13N2O. The minimum absolute atomic E-state index is 0.522. The van der Waals surface area contributed by atoms with Gasteiger partial charge in [-0.15, -0.1) is 0 Å². The van der Waals surface area contributed by atoms with Gasteiger partial charge in [-0.05, 0) is 18.9 Å². The molecule has 69 valence electrons. The molecule has 1 aromatic heterocycles. The molecule has 0 aliphatic carbocycles. The minimum atomic E-state index is 0.522. The van der Waals surface area contributed by atoms with Crippen molar-refractivity contribution in [3.05, 3.63) is 24.5 Å². The van der Waals surface area contributed by atoms with E-state index in [4.69, 9.17) is 4.74 Å². The summed E-state index contributed by atoms with van der Waals surface area (Å²) in [6, 6.07) is 5.44. The molecule has 0 spiro atoms. The Morgan fingerprint density at radius 2 is 2.31 bits per heavy atom. The van der Waals surface area contributed by atoms with Crippen molar-refractivity contribution >= 4 is 5.69 Å². The van der Waals surface area contributed by atoms with Gasteiger partial charge < -0.3 is 10.1 Å². The van der Waals surface area contributed by atoms with E-state index >= 15 is 0 Å². The lowest BCUT2D eigenvalue weighted by Crippen LogP contribution is -2.27. The van der Waals surface area contributed by atoms with Crippen molar-refractivity contribution in [2.45, 2.75) is 18.9 Å². The Hall–Kier alpha value is -1.09. The number of rotatable bonds is 2. The average molecular weight is 177 g/mol. The molecule has 1 N–H and O–H groups in total. The predicted molar refractivity (Wildman–Crippen MR) is 50.5 cm³/mol. The van der Waals surface area contributed by atoms with Gasteiger partial charge in [0.15, 0.2) is 0 Å². The van der Waals surface area contributed by atoms with Gasteiger partial charge in [0.1, 0.15) is 0 Å². The topological polar surface area (TPSA) is 34.2 Å². The quantitative estimate of drug-likeness (QED) is 0.742. The summed E-state index contributed by atoms with van der Waals surface area (Å²) in [4.78, 5) is 4.03. The molecule has 1 radical (unpaired) electrons. The highest BCUT2D eigenvalue weighted by Gasteiger charge is 2.12. The van der Waals surface area contributed by atoms with Gasteiger partial charge in [0.05, 0.1) is 11.9 Å². The SMILES string of the molecule is [c]1ccncc1NC1CCOCC1. The van der Waals surface area contributed by atoms with Gasteiger partial charge in [0.2, 0.25) is 0 Å². The van der Waals surface area contributed by atoms with Gasteiger partial charge in [0, 0.05) is 31.5 Å². The first-order valence-electron chi connectivity index (χ1n) is 4.61. The largest absolute Gasteiger partial charge is 0.381 e. The number of nitrogens with zero attached hydrogens (tertiary/aromatic N) is 1. The fourth-order valence-electron chi connectivity index (χ4n) is 1.47. The van der Waals surface area contributed by atoms with Crippen molar-refractivity contribution in [3.8, 4) is 0 Å². The van der Waals surface area contributed by atoms with Gasteiger partial charge in [-0.25, -0.2) is 0 Å². The molecular weight excluding hydrogens is 164 g/mol. The molecule has 1 fully saturated rings. The van der Waals surface area contributed by atoms with Crippen molar-refractivity contribution in [1.82, 2.24) is 4.98 Å². The van der Waals surface area contributed by atoms with Crippen LogP contribution in [0.5, 0.6) is 0 Å². The zero-order valence-corrected chi connectivity index (χ0v) is 7.49. The maximum absolute atomic E-state index is 5.27. The Morgan fingerprint density at radius 3 is 3.00 bits per heavy atom. The lowest BCUT2D eigenvalue weighted by atomic mass is 10.1. The van der Waals surface area contributed by atoms with E-state index in [2.05, 4.69) is 16.4 Å². The average Bonchev–Trinajstić information content (AvgIpc) is 2.21. The summed E-state index contributed by atoms with van der Waals surface area (Å²) in [5.41, 5.74) is 0.981. The summed E-state index contributed by atoms with van der Waals surface area (Å²) in [6.45, 7) is 1.72. The third kappa shape index (κ3) is 2.42. The highest BCUT2D eigenvalue weighted by Crippen LogP contribution is 2.12. The Bertz CT molecular complexity index is 244. The number of hydrogen-bond acceptors (Lipinski definition) is 3. The monoisotopic (exact) mass is 177 g/mol. The Kier molecular flexibility index (Phi) is 2.77. The van der Waals surface area contributed by atoms with Crippen LogP contribution in [-0.4, -0.2) is 24.2 Å². The van der Waals surface area contributed by atoms with Gasteiger partial charge in [-0.1, -0.05) is 0 Å². The second-order valence-corrected chi connectivity index (χ2v) is 3.18. The summed E-state index contributed by atoms with van der Waals surface area (Å²) in [7, 11) is 0. The van der Waals surface area contributed by atoms with Crippen molar-refractivity contribution in [3.63, 3.8) is 0 Å². The molecule has 0 amide bonds. The highest BCUT2D eigenvalue weighted by atomic mass is 16.5. The van der Waals surface area contributed by atoms with Gasteiger partial charge in [-0.2, -0.15) is 0 Å². The molecule has 0 saturated carbocycles. The first-order valence-corrected chi connectivity index (χ1v) is 4.61. The summed E-state index contributed by atoms with van der Waals surface area (Å²) >= 11 is 0. The summed E-state index contributed by atoms with van der Waals surface area (Å²) < 4.78 is 5.27. The maximum Gasteiger partial charge on any atom is 0.0609 e. The second-order valence-electron chi connectivity index (χ2n) is 3.18. The third-order valence-corrected chi connectivity index (χ3v) is 2.18. The number of anilines is 1. The number of nitrogens with one attached hydrogen (secondary N) is 1. The number of ether oxygens (including phenoxy) is 1. The minimum Gasteiger partial charge on any atom is -0.381 e. The highest BCUT2D eigenvalue weighted by molar-refractivity contribution is 5.39. The molecule has 1 aromatic rings. The van der Waals surface area contributed by atoms with Crippen LogP contribution in [0.2, 0.25) is 0 Å². The van der Waals surface area contributed by atoms with Crippen LogP contribution in [-0.2, 0) is 4.74 Å². The van der Waals surface area contributed by atoms with Crippen molar-refractivity contribution < 1.29 is 4.74 Å². The first-order chi connectivity index (χ1) is 6.45. The molecule has 13 heavy (non-hydrogen) atoms. The summed E-state index contributed by atoms with van der Waals surface area (Å²) in [5, 5.41) is 3.38. The maximum atomic E-state index is 5.27. The summed E-state index contributed by atoms with van der Waals surface area (Å²) in [6.07, 6.45) is 5.68. The molecule has 0 aromatic carbocycles. The standard InChI is InChI=1S/C10H13N2O/c1-2-10(8-11-5-1)12-9-3-6-13-7-4-9/h1,5,8-9,12H,3-4,6-7H2. The Balaban J connectivity index is 1.90. The van der Waals surface area contributed by atoms with Crippen LogP contribution in [0.15, 0.2) is 18.5 Å². The van der Waals surface area contributed by atoms with Gasteiger partial charge in [0.25, 0.3) is 0 Å². The number of pyridine rings is 1. The molecule has 0 atom stereocenters. The van der Waals surface area contributed by atoms with Crippen LogP contribution in [0.4, 0.5) is 5.69 Å². The normalized spacial score (nSPS) is 18.5. The van der Waals surface area contributed by atoms with E-state index in [1.807, 2.05) is 6.07 Å². The van der Waals surface area contributed by atoms with E-state index < -0.39 is 0 Å². The molecule has 2 rings (SSSR count). The molecule has 3 nitrogen and oxygen atoms in total. The fraction of sp³-hybridized carbons (Fsp3) is 0.500. The van der Waals surface area contributed by atoms with E-state index in [-0.39, 0.29) is 0 Å². The van der Waals surface area contributed by atoms with E-state index in [0.717, 1.165) is 31.7 Å². The Labute approximate surface area is 78.1 Å². The van der Waals surface area contributed by atoms with Crippen LogP contribution in [0.25, 0.3) is 0 Å². The molecule has 1 saturated heterocycles. The fourth-order valence-corrected chi connectivity index (χ4v) is 1.47. The lowest BCUT2D eigenvalue weighted by molar-refractivity contribution is 0.0904. The van der Waals surface area contributed by atoms with E-state index in [1.54, 1.807) is 12.4 Å². The van der Waals surface area contributed by atoms with Crippen LogP contribution < -0.4 is 5.32 Å². The van der Waals surface area contributed by atoms with Gasteiger partial charge >= 0.3 is 0 Å². The smallest absolute Gasteiger partial charge is 0.0609 e. The molecule has 2 heterocycles. The molecule has 1 aliphatic rings. The van der Waals surface area contributed by atoms with Crippen LogP contribution in [0, 0.1) is 6.07 Å². The number of hydrogen-bond donors (Lipinski definition) is 1. The zero-order chi connectivity index (χ0) is 8.93. The lowest BCUT2D eigenvalue weighted by Gasteiger charge is -2.23. The zero-order valence-electron chi connectivity index (χ0n) is 7.49. The van der Waals surface area contributed by atoms with E-state index in [9.17, 15) is 0 Å².